The lowest BCUT2D eigenvalue weighted by atomic mass is 10.1. The average molecular weight is 530 g/mol. The van der Waals surface area contributed by atoms with Crippen molar-refractivity contribution in [1.82, 2.24) is 15.5 Å². The molecule has 7 nitrogen and oxygen atoms in total. The minimum absolute atomic E-state index is 0. The van der Waals surface area contributed by atoms with Crippen LogP contribution in [0.1, 0.15) is 44.6 Å². The first-order chi connectivity index (χ1) is 14.1. The van der Waals surface area contributed by atoms with Crippen LogP contribution in [-0.2, 0) is 11.3 Å². The molecule has 168 valence electrons. The molecular weight excluding hydrogens is 495 g/mol. The fraction of sp³-hybridized carbons (Fsp3) is 0.636. The molecule has 1 saturated carbocycles. The number of rotatable bonds is 7. The average Bonchev–Trinajstić information content (AvgIpc) is 3.44. The summed E-state index contributed by atoms with van der Waals surface area (Å²) >= 11 is 0. The number of likely N-dealkylation sites (tertiary alicyclic amines) is 1. The first-order valence-electron chi connectivity index (χ1n) is 10.7. The van der Waals surface area contributed by atoms with Gasteiger partial charge in [0.05, 0.1) is 20.8 Å². The molecule has 3 rings (SSSR count). The van der Waals surface area contributed by atoms with Crippen molar-refractivity contribution in [1.29, 1.82) is 0 Å². The van der Waals surface area contributed by atoms with Crippen molar-refractivity contribution in [2.45, 2.75) is 51.6 Å². The van der Waals surface area contributed by atoms with Crippen molar-refractivity contribution in [3.63, 3.8) is 0 Å². The zero-order valence-corrected chi connectivity index (χ0v) is 20.6. The quantitative estimate of drug-likeness (QED) is 0.322. The Kier molecular flexibility index (Phi) is 10.0. The van der Waals surface area contributed by atoms with Gasteiger partial charge < -0.3 is 25.0 Å². The molecular formula is C22H35IN4O3. The Balaban J connectivity index is 0.00000320. The standard InChI is InChI=1S/C22H34N4O3.HI/c1-4-23-22(24-14-16-9-10-19(28-2)20(13-16)29-3)25-18-11-12-26(15-18)21(27)17-7-5-6-8-17;/h9-10,13,17-18H,4-8,11-12,14-15H2,1-3H3,(H2,23,24,25);1H. The molecule has 1 aromatic rings. The Morgan fingerprint density at radius 3 is 2.57 bits per heavy atom. The minimum atomic E-state index is 0. The summed E-state index contributed by atoms with van der Waals surface area (Å²) in [5, 5.41) is 6.81. The van der Waals surface area contributed by atoms with E-state index in [2.05, 4.69) is 17.6 Å². The first-order valence-corrected chi connectivity index (χ1v) is 10.7. The summed E-state index contributed by atoms with van der Waals surface area (Å²) in [6, 6.07) is 6.08. The van der Waals surface area contributed by atoms with Gasteiger partial charge in [-0.1, -0.05) is 18.9 Å². The molecule has 1 heterocycles. The molecule has 1 amide bonds. The van der Waals surface area contributed by atoms with Gasteiger partial charge in [0.1, 0.15) is 0 Å². The molecule has 0 radical (unpaired) electrons. The lowest BCUT2D eigenvalue weighted by Crippen LogP contribution is -2.45. The Morgan fingerprint density at radius 2 is 1.90 bits per heavy atom. The highest BCUT2D eigenvalue weighted by atomic mass is 127. The van der Waals surface area contributed by atoms with E-state index in [4.69, 9.17) is 14.5 Å². The number of hydrogen-bond donors (Lipinski definition) is 2. The Labute approximate surface area is 197 Å². The van der Waals surface area contributed by atoms with Gasteiger partial charge in [0.15, 0.2) is 17.5 Å². The molecule has 1 atom stereocenters. The van der Waals surface area contributed by atoms with Crippen LogP contribution >= 0.6 is 24.0 Å². The number of ether oxygens (including phenoxy) is 2. The number of amides is 1. The SMILES string of the molecule is CCNC(=NCc1ccc(OC)c(OC)c1)NC1CCN(C(=O)C2CCCC2)C1.I. The Hall–Kier alpha value is -1.71. The summed E-state index contributed by atoms with van der Waals surface area (Å²) in [6.45, 7) is 4.97. The third-order valence-corrected chi connectivity index (χ3v) is 5.76. The highest BCUT2D eigenvalue weighted by Gasteiger charge is 2.32. The van der Waals surface area contributed by atoms with Crippen molar-refractivity contribution in [3.8, 4) is 11.5 Å². The van der Waals surface area contributed by atoms with E-state index in [0.717, 1.165) is 50.4 Å². The predicted molar refractivity (Wildman–Crippen MR) is 130 cm³/mol. The van der Waals surface area contributed by atoms with Crippen molar-refractivity contribution < 1.29 is 14.3 Å². The van der Waals surface area contributed by atoms with Gasteiger partial charge in [0, 0.05) is 31.6 Å². The number of carbonyl (C=O) groups excluding carboxylic acids is 1. The molecule has 30 heavy (non-hydrogen) atoms. The summed E-state index contributed by atoms with van der Waals surface area (Å²) in [5.74, 6) is 2.79. The maximum atomic E-state index is 12.7. The second-order valence-electron chi connectivity index (χ2n) is 7.78. The van der Waals surface area contributed by atoms with Crippen molar-refractivity contribution in [3.05, 3.63) is 23.8 Å². The van der Waals surface area contributed by atoms with Gasteiger partial charge in [-0.25, -0.2) is 4.99 Å². The van der Waals surface area contributed by atoms with E-state index < -0.39 is 0 Å². The molecule has 0 spiro atoms. The number of guanidine groups is 1. The van der Waals surface area contributed by atoms with Crippen LogP contribution in [-0.4, -0.2) is 56.7 Å². The van der Waals surface area contributed by atoms with Crippen LogP contribution in [0.3, 0.4) is 0 Å². The van der Waals surface area contributed by atoms with Gasteiger partial charge in [0.25, 0.3) is 0 Å². The number of methoxy groups -OCH3 is 2. The van der Waals surface area contributed by atoms with E-state index in [9.17, 15) is 4.79 Å². The molecule has 2 N–H and O–H groups in total. The molecule has 1 unspecified atom stereocenters. The lowest BCUT2D eigenvalue weighted by Gasteiger charge is -2.21. The maximum Gasteiger partial charge on any atom is 0.225 e. The smallest absolute Gasteiger partial charge is 0.225 e. The maximum absolute atomic E-state index is 12.7. The van der Waals surface area contributed by atoms with E-state index in [1.54, 1.807) is 14.2 Å². The van der Waals surface area contributed by atoms with Crippen LogP contribution in [0.25, 0.3) is 0 Å². The van der Waals surface area contributed by atoms with Gasteiger partial charge in [0.2, 0.25) is 5.91 Å². The largest absolute Gasteiger partial charge is 0.493 e. The highest BCUT2D eigenvalue weighted by Crippen LogP contribution is 2.28. The van der Waals surface area contributed by atoms with Crippen molar-refractivity contribution in [2.24, 2.45) is 10.9 Å². The molecule has 1 aromatic carbocycles. The number of benzene rings is 1. The highest BCUT2D eigenvalue weighted by molar-refractivity contribution is 14.0. The number of carbonyl (C=O) groups is 1. The van der Waals surface area contributed by atoms with Crippen LogP contribution < -0.4 is 20.1 Å². The third-order valence-electron chi connectivity index (χ3n) is 5.76. The van der Waals surface area contributed by atoms with Gasteiger partial charge in [-0.3, -0.25) is 4.79 Å². The number of nitrogens with zero attached hydrogens (tertiary/aromatic N) is 2. The molecule has 2 fully saturated rings. The number of aliphatic imine (C=N–C) groups is 1. The normalized spacial score (nSPS) is 19.4. The van der Waals surface area contributed by atoms with E-state index >= 15 is 0 Å². The van der Waals surface area contributed by atoms with Crippen LogP contribution in [0.2, 0.25) is 0 Å². The lowest BCUT2D eigenvalue weighted by molar-refractivity contribution is -0.134. The molecule has 1 aliphatic heterocycles. The molecule has 1 aliphatic carbocycles. The summed E-state index contributed by atoms with van der Waals surface area (Å²) < 4.78 is 10.7. The van der Waals surface area contributed by atoms with E-state index in [1.165, 1.54) is 12.8 Å². The first kappa shape index (κ1) is 24.6. The number of hydrogen-bond acceptors (Lipinski definition) is 4. The summed E-state index contributed by atoms with van der Waals surface area (Å²) in [6.07, 6.45) is 5.46. The fourth-order valence-corrected chi connectivity index (χ4v) is 4.17. The summed E-state index contributed by atoms with van der Waals surface area (Å²) in [7, 11) is 3.26. The molecule has 0 bridgehead atoms. The van der Waals surface area contributed by atoms with Crippen molar-refractivity contribution >= 4 is 35.8 Å². The van der Waals surface area contributed by atoms with Crippen molar-refractivity contribution in [2.75, 3.05) is 33.9 Å². The van der Waals surface area contributed by atoms with Gasteiger partial charge in [-0.15, -0.1) is 24.0 Å². The van der Waals surface area contributed by atoms with E-state index in [1.807, 2.05) is 23.1 Å². The van der Waals surface area contributed by atoms with Gasteiger partial charge in [-0.2, -0.15) is 0 Å². The third kappa shape index (κ3) is 6.39. The second kappa shape index (κ2) is 12.2. The molecule has 2 aliphatic rings. The van der Waals surface area contributed by atoms with Gasteiger partial charge >= 0.3 is 0 Å². The monoisotopic (exact) mass is 530 g/mol. The zero-order chi connectivity index (χ0) is 20.6. The topological polar surface area (TPSA) is 75.2 Å². The van der Waals surface area contributed by atoms with Crippen LogP contribution in [0.15, 0.2) is 23.2 Å². The fourth-order valence-electron chi connectivity index (χ4n) is 4.17. The Morgan fingerprint density at radius 1 is 1.17 bits per heavy atom. The van der Waals surface area contributed by atoms with Gasteiger partial charge in [-0.05, 0) is 43.9 Å². The molecule has 0 aromatic heterocycles. The zero-order valence-electron chi connectivity index (χ0n) is 18.3. The molecule has 1 saturated heterocycles. The van der Waals surface area contributed by atoms with Crippen LogP contribution in [0.5, 0.6) is 11.5 Å². The summed E-state index contributed by atoms with van der Waals surface area (Å²) in [4.78, 5) is 19.4. The minimum Gasteiger partial charge on any atom is -0.493 e. The summed E-state index contributed by atoms with van der Waals surface area (Å²) in [5.41, 5.74) is 1.05. The Bertz CT molecular complexity index is 722. The van der Waals surface area contributed by atoms with E-state index in [0.29, 0.717) is 24.0 Å². The molecule has 8 heteroatoms. The number of halogens is 1. The second-order valence-corrected chi connectivity index (χ2v) is 7.78. The number of nitrogens with one attached hydrogen (secondary N) is 2. The van der Waals surface area contributed by atoms with Crippen LogP contribution in [0, 0.1) is 5.92 Å². The van der Waals surface area contributed by atoms with E-state index in [-0.39, 0.29) is 35.9 Å². The predicted octanol–water partition coefficient (Wildman–Crippen LogP) is 3.17. The van der Waals surface area contributed by atoms with Crippen LogP contribution in [0.4, 0.5) is 0 Å².